The summed E-state index contributed by atoms with van der Waals surface area (Å²) in [6, 6.07) is 1.85. The Morgan fingerprint density at radius 1 is 1.54 bits per heavy atom. The molecule has 1 rings (SSSR count). The summed E-state index contributed by atoms with van der Waals surface area (Å²) < 4.78 is 5.13. The van der Waals surface area contributed by atoms with Crippen LogP contribution in [0, 0.1) is 6.92 Å². The van der Waals surface area contributed by atoms with Crippen LogP contribution in [0.25, 0.3) is 12.2 Å². The van der Waals surface area contributed by atoms with Gasteiger partial charge in [-0.25, -0.2) is 4.79 Å². The van der Waals surface area contributed by atoms with Crippen molar-refractivity contribution in [2.75, 3.05) is 0 Å². The highest BCUT2D eigenvalue weighted by Crippen LogP contribution is 1.79. The number of aryl methyl sites for hydroxylation is 1. The van der Waals surface area contributed by atoms with E-state index >= 15 is 0 Å². The average Bonchev–Trinajstić information content (AvgIpc) is 2.11. The van der Waals surface area contributed by atoms with Gasteiger partial charge in [0.1, 0.15) is 5.42 Å². The molecule has 0 aromatic carbocycles. The Morgan fingerprint density at radius 2 is 2.23 bits per heavy atom. The van der Waals surface area contributed by atoms with Crippen LogP contribution in [0.15, 0.2) is 15.3 Å². The van der Waals surface area contributed by atoms with E-state index in [4.69, 9.17) is 4.42 Å². The second kappa shape index (κ2) is 4.08. The van der Waals surface area contributed by atoms with E-state index in [9.17, 15) is 4.79 Å². The molecule has 0 atom stereocenters. The van der Waals surface area contributed by atoms with Gasteiger partial charge in [-0.05, 0) is 32.4 Å². The highest BCUT2D eigenvalue weighted by molar-refractivity contribution is 5.26. The molecule has 0 fully saturated rings. The van der Waals surface area contributed by atoms with E-state index in [-0.39, 0.29) is 5.63 Å². The summed E-state index contributed by atoms with van der Waals surface area (Å²) in [7, 11) is 0. The summed E-state index contributed by atoms with van der Waals surface area (Å²) in [6.07, 6.45) is 4.72. The third kappa shape index (κ3) is 2.08. The van der Waals surface area contributed by atoms with Gasteiger partial charge in [0.05, 0.1) is 0 Å². The van der Waals surface area contributed by atoms with Crippen LogP contribution in [0.4, 0.5) is 0 Å². The topological polar surface area (TPSA) is 30.2 Å². The molecule has 0 aliphatic carbocycles. The first kappa shape index (κ1) is 9.78. The van der Waals surface area contributed by atoms with E-state index in [1.807, 2.05) is 32.1 Å². The van der Waals surface area contributed by atoms with Crippen LogP contribution in [-0.2, 0) is 0 Å². The molecule has 0 aliphatic heterocycles. The summed E-state index contributed by atoms with van der Waals surface area (Å²) in [4.78, 5) is 11.2. The van der Waals surface area contributed by atoms with Crippen LogP contribution in [0.5, 0.6) is 0 Å². The maximum Gasteiger partial charge on any atom is 0.339 e. The summed E-state index contributed by atoms with van der Waals surface area (Å²) in [5.74, 6) is 0. The SMILES string of the molecule is CC=c1cc(C)c(=O)oc1=CCC. The standard InChI is InChI=1S/C11H14O2/c1-4-6-10-9(5-2)7-8(3)11(12)13-10/h5-7H,4H2,1-3H3. The van der Waals surface area contributed by atoms with Crippen molar-refractivity contribution in [2.45, 2.75) is 27.2 Å². The molecule has 1 aromatic heterocycles. The molecule has 0 bridgehead atoms. The highest BCUT2D eigenvalue weighted by Gasteiger charge is 1.94. The van der Waals surface area contributed by atoms with Gasteiger partial charge in [0.15, 0.2) is 0 Å². The first-order valence-electron chi connectivity index (χ1n) is 4.46. The van der Waals surface area contributed by atoms with E-state index in [0.29, 0.717) is 11.0 Å². The first-order valence-corrected chi connectivity index (χ1v) is 4.46. The Balaban J connectivity index is 3.63. The van der Waals surface area contributed by atoms with Gasteiger partial charge in [-0.3, -0.25) is 0 Å². The van der Waals surface area contributed by atoms with Gasteiger partial charge in [0.2, 0.25) is 0 Å². The molecule has 70 valence electrons. The number of hydrogen-bond donors (Lipinski definition) is 0. The number of rotatable bonds is 1. The predicted octanol–water partition coefficient (Wildman–Crippen LogP) is 0.939. The Morgan fingerprint density at radius 3 is 2.77 bits per heavy atom. The second-order valence-electron chi connectivity index (χ2n) is 2.94. The van der Waals surface area contributed by atoms with Gasteiger partial charge < -0.3 is 4.42 Å². The van der Waals surface area contributed by atoms with Crippen LogP contribution >= 0.6 is 0 Å². The fourth-order valence-electron chi connectivity index (χ4n) is 1.17. The minimum atomic E-state index is -0.245. The molecule has 2 nitrogen and oxygen atoms in total. The molecule has 13 heavy (non-hydrogen) atoms. The minimum absolute atomic E-state index is 0.245. The predicted molar refractivity (Wildman–Crippen MR) is 53.9 cm³/mol. The molecule has 2 heteroatoms. The Labute approximate surface area is 77.2 Å². The first-order chi connectivity index (χ1) is 6.19. The lowest BCUT2D eigenvalue weighted by molar-refractivity contribution is 0.467. The largest absolute Gasteiger partial charge is 0.423 e. The van der Waals surface area contributed by atoms with Crippen molar-refractivity contribution < 1.29 is 4.42 Å². The quantitative estimate of drug-likeness (QED) is 0.640. The Kier molecular flexibility index (Phi) is 3.07. The van der Waals surface area contributed by atoms with Gasteiger partial charge >= 0.3 is 5.63 Å². The Bertz CT molecular complexity index is 452. The molecule has 0 saturated carbocycles. The van der Waals surface area contributed by atoms with E-state index in [1.165, 1.54) is 0 Å². The van der Waals surface area contributed by atoms with Crippen molar-refractivity contribution in [2.24, 2.45) is 0 Å². The molecule has 0 unspecified atom stereocenters. The van der Waals surface area contributed by atoms with Crippen molar-refractivity contribution in [3.8, 4) is 0 Å². The van der Waals surface area contributed by atoms with E-state index in [2.05, 4.69) is 0 Å². The van der Waals surface area contributed by atoms with Gasteiger partial charge in [-0.15, -0.1) is 0 Å². The number of hydrogen-bond acceptors (Lipinski definition) is 2. The van der Waals surface area contributed by atoms with Crippen LogP contribution < -0.4 is 16.3 Å². The van der Waals surface area contributed by atoms with Crippen LogP contribution in [0.3, 0.4) is 0 Å². The van der Waals surface area contributed by atoms with E-state index < -0.39 is 0 Å². The van der Waals surface area contributed by atoms with Crippen LogP contribution in [-0.4, -0.2) is 0 Å². The van der Waals surface area contributed by atoms with Gasteiger partial charge in [0, 0.05) is 10.8 Å². The normalized spacial score (nSPS) is 13.8. The zero-order chi connectivity index (χ0) is 9.84. The molecular weight excluding hydrogens is 164 g/mol. The lowest BCUT2D eigenvalue weighted by Gasteiger charge is -1.91. The van der Waals surface area contributed by atoms with Crippen LogP contribution in [0.1, 0.15) is 25.8 Å². The lowest BCUT2D eigenvalue weighted by Crippen LogP contribution is -2.29. The van der Waals surface area contributed by atoms with E-state index in [0.717, 1.165) is 11.6 Å². The molecule has 0 aliphatic rings. The zero-order valence-electron chi connectivity index (χ0n) is 8.26. The molecule has 0 saturated heterocycles. The lowest BCUT2D eigenvalue weighted by atomic mass is 10.2. The van der Waals surface area contributed by atoms with Gasteiger partial charge in [-0.1, -0.05) is 13.0 Å². The Hall–Kier alpha value is -1.31. The molecular formula is C11H14O2. The maximum absolute atomic E-state index is 11.2. The summed E-state index contributed by atoms with van der Waals surface area (Å²) in [5.41, 5.74) is 1.09. The van der Waals surface area contributed by atoms with Crippen molar-refractivity contribution in [1.82, 2.24) is 0 Å². The van der Waals surface area contributed by atoms with Crippen LogP contribution in [0.2, 0.25) is 0 Å². The van der Waals surface area contributed by atoms with Gasteiger partial charge in [-0.2, -0.15) is 0 Å². The third-order valence-corrected chi connectivity index (χ3v) is 1.88. The molecule has 0 radical (unpaired) electrons. The smallest absolute Gasteiger partial charge is 0.339 e. The molecule has 0 amide bonds. The fourth-order valence-corrected chi connectivity index (χ4v) is 1.17. The summed E-state index contributed by atoms with van der Waals surface area (Å²) in [6.45, 7) is 5.70. The monoisotopic (exact) mass is 178 g/mol. The van der Waals surface area contributed by atoms with Crippen molar-refractivity contribution >= 4 is 12.2 Å². The molecule has 1 aromatic rings. The molecule has 0 N–H and O–H groups in total. The van der Waals surface area contributed by atoms with Crippen molar-refractivity contribution in [3.05, 3.63) is 32.7 Å². The minimum Gasteiger partial charge on any atom is -0.423 e. The molecule has 1 heterocycles. The van der Waals surface area contributed by atoms with Gasteiger partial charge in [0.25, 0.3) is 0 Å². The van der Waals surface area contributed by atoms with Crippen molar-refractivity contribution in [3.63, 3.8) is 0 Å². The zero-order valence-corrected chi connectivity index (χ0v) is 8.26. The average molecular weight is 178 g/mol. The van der Waals surface area contributed by atoms with Crippen molar-refractivity contribution in [1.29, 1.82) is 0 Å². The maximum atomic E-state index is 11.2. The second-order valence-corrected chi connectivity index (χ2v) is 2.94. The third-order valence-electron chi connectivity index (χ3n) is 1.88. The fraction of sp³-hybridized carbons (Fsp3) is 0.364. The van der Waals surface area contributed by atoms with E-state index in [1.54, 1.807) is 6.92 Å². The summed E-state index contributed by atoms with van der Waals surface area (Å²) in [5, 5.41) is 0.985. The molecule has 0 spiro atoms. The highest BCUT2D eigenvalue weighted by atomic mass is 16.4. The summed E-state index contributed by atoms with van der Waals surface area (Å²) >= 11 is 0.